The third kappa shape index (κ3) is 20.4. The molecule has 0 amide bonds. The van der Waals surface area contributed by atoms with Gasteiger partial charge in [0, 0.05) is 0 Å². The maximum Gasteiger partial charge on any atom is 0.387 e. The van der Waals surface area contributed by atoms with E-state index in [0.29, 0.717) is 23.3 Å². The second-order valence-corrected chi connectivity index (χ2v) is 25.5. The molecule has 0 spiro atoms. The summed E-state index contributed by atoms with van der Waals surface area (Å²) in [6.07, 6.45) is 38.6. The zero-order valence-electron chi connectivity index (χ0n) is 47.2. The van der Waals surface area contributed by atoms with Crippen molar-refractivity contribution in [3.63, 3.8) is 0 Å². The SMILES string of the molecule is CC1CCC(CCC2CCC(c3cc(F)c(OC(F)F)c(F)c3)CC2)CC1.CC1CCC(CCC2CCC(c3ccc(OC(F)F)c(F)c3)CC2)CC1.CC1CCC(CCC2CCC(c3ccc(OC(F)F)cc3)CC2)CC1. The van der Waals surface area contributed by atoms with Crippen molar-refractivity contribution in [1.29, 1.82) is 0 Å². The van der Waals surface area contributed by atoms with E-state index in [9.17, 15) is 39.5 Å². The van der Waals surface area contributed by atoms with Crippen LogP contribution in [0.4, 0.5) is 39.5 Å². The van der Waals surface area contributed by atoms with Crippen LogP contribution in [0.3, 0.4) is 0 Å². The Kier molecular flexibility index (Phi) is 25.1. The molecule has 9 rings (SSSR count). The summed E-state index contributed by atoms with van der Waals surface area (Å²) in [6, 6.07) is 14.1. The van der Waals surface area contributed by atoms with Gasteiger partial charge in [-0.2, -0.15) is 26.3 Å². The minimum Gasteiger partial charge on any atom is -0.435 e. The molecule has 6 aliphatic rings. The highest BCUT2D eigenvalue weighted by Gasteiger charge is 2.30. The summed E-state index contributed by atoms with van der Waals surface area (Å²) >= 11 is 0. The van der Waals surface area contributed by atoms with Gasteiger partial charge in [0.2, 0.25) is 0 Å². The first kappa shape index (κ1) is 62.0. The van der Waals surface area contributed by atoms with E-state index in [1.807, 2.05) is 12.1 Å². The first-order chi connectivity index (χ1) is 37.5. The molecule has 0 N–H and O–H groups in total. The highest BCUT2D eigenvalue weighted by molar-refractivity contribution is 5.34. The lowest BCUT2D eigenvalue weighted by Crippen LogP contribution is -2.17. The molecule has 0 aliphatic heterocycles. The molecular formula is C66H93F9O3. The maximum absolute atomic E-state index is 14.0. The summed E-state index contributed by atoms with van der Waals surface area (Å²) in [5.74, 6) is 5.13. The second kappa shape index (κ2) is 31.6. The molecule has 0 radical (unpaired) electrons. The van der Waals surface area contributed by atoms with Crippen LogP contribution in [0.2, 0.25) is 0 Å². The van der Waals surface area contributed by atoms with Gasteiger partial charge < -0.3 is 14.2 Å². The Morgan fingerprint density at radius 3 is 0.962 bits per heavy atom. The van der Waals surface area contributed by atoms with Crippen LogP contribution in [0.5, 0.6) is 17.2 Å². The fraction of sp³-hybridized carbons (Fsp3) is 0.727. The second-order valence-electron chi connectivity index (χ2n) is 25.5. The molecule has 3 aromatic carbocycles. The third-order valence-corrected chi connectivity index (χ3v) is 19.8. The molecule has 3 nitrogen and oxygen atoms in total. The predicted molar refractivity (Wildman–Crippen MR) is 294 cm³/mol. The van der Waals surface area contributed by atoms with Crippen LogP contribution in [0.15, 0.2) is 54.6 Å². The molecular weight excluding hydrogens is 1010 g/mol. The fourth-order valence-corrected chi connectivity index (χ4v) is 14.5. The van der Waals surface area contributed by atoms with Crippen molar-refractivity contribution in [1.82, 2.24) is 0 Å². The van der Waals surface area contributed by atoms with E-state index in [1.165, 1.54) is 172 Å². The van der Waals surface area contributed by atoms with Gasteiger partial charge in [0.05, 0.1) is 0 Å². The average Bonchev–Trinajstić information content (AvgIpc) is 3.43. The lowest BCUT2D eigenvalue weighted by Gasteiger charge is -2.31. The molecule has 0 bridgehead atoms. The van der Waals surface area contributed by atoms with E-state index in [2.05, 4.69) is 35.0 Å². The Hall–Kier alpha value is -3.57. The summed E-state index contributed by atoms with van der Waals surface area (Å²) in [5.41, 5.74) is 2.76. The van der Waals surface area contributed by atoms with Crippen LogP contribution < -0.4 is 14.2 Å². The highest BCUT2D eigenvalue weighted by Crippen LogP contribution is 2.44. The summed E-state index contributed by atoms with van der Waals surface area (Å²) in [5, 5.41) is 0. The Balaban J connectivity index is 0.000000170. The van der Waals surface area contributed by atoms with Crippen LogP contribution in [0.25, 0.3) is 0 Å². The number of rotatable bonds is 18. The van der Waals surface area contributed by atoms with Gasteiger partial charge in [-0.25, -0.2) is 13.2 Å². The molecule has 0 aromatic heterocycles. The molecule has 6 saturated carbocycles. The van der Waals surface area contributed by atoms with Crippen molar-refractivity contribution in [3.05, 3.63) is 88.7 Å². The van der Waals surface area contributed by atoms with Crippen molar-refractivity contribution in [2.45, 2.75) is 251 Å². The Morgan fingerprint density at radius 1 is 0.333 bits per heavy atom. The number of ether oxygens (including phenoxy) is 3. The van der Waals surface area contributed by atoms with E-state index >= 15 is 0 Å². The Morgan fingerprint density at radius 2 is 0.628 bits per heavy atom. The Bertz CT molecular complexity index is 2120. The van der Waals surface area contributed by atoms with Crippen LogP contribution in [0.1, 0.15) is 248 Å². The predicted octanol–water partition coefficient (Wildman–Crippen LogP) is 21.9. The number of hydrogen-bond acceptors (Lipinski definition) is 3. The minimum atomic E-state index is -3.23. The van der Waals surface area contributed by atoms with Crippen molar-refractivity contribution in [2.24, 2.45) is 53.3 Å². The third-order valence-electron chi connectivity index (χ3n) is 19.8. The molecule has 0 heterocycles. The molecule has 78 heavy (non-hydrogen) atoms. The van der Waals surface area contributed by atoms with Gasteiger partial charge >= 0.3 is 19.8 Å². The summed E-state index contributed by atoms with van der Waals surface area (Å²) in [6.45, 7) is -1.86. The molecule has 0 unspecified atom stereocenters. The standard InChI is InChI=1S/C22H30F4O.C22H31F3O.C22H32F2O/c1-14-2-4-15(5-3-14)6-7-16-8-10-17(11-9-16)18-12-19(23)21(20(24)13-18)27-22(25)26;1-15-2-4-16(5-3-15)6-7-17-8-10-18(11-9-17)19-12-13-21(20(23)14-19)26-22(24)25;1-16-2-4-17(5-3-16)6-7-18-8-10-19(11-9-18)20-12-14-21(15-13-20)25-22(23)24/h12-17,22H,2-11H2,1H3;12-18,22H,2-11H2,1H3;12-19,22H,2-11H2,1H3. The largest absolute Gasteiger partial charge is 0.435 e. The van der Waals surface area contributed by atoms with Crippen LogP contribution >= 0.6 is 0 Å². The molecule has 12 heteroatoms. The number of hydrogen-bond donors (Lipinski definition) is 0. The monoisotopic (exact) mass is 1100 g/mol. The zero-order valence-corrected chi connectivity index (χ0v) is 47.2. The topological polar surface area (TPSA) is 27.7 Å². The zero-order chi connectivity index (χ0) is 55.6. The van der Waals surface area contributed by atoms with Gasteiger partial charge in [-0.3, -0.25) is 0 Å². The molecule has 0 saturated heterocycles. The first-order valence-corrected chi connectivity index (χ1v) is 30.8. The van der Waals surface area contributed by atoms with Gasteiger partial charge in [-0.15, -0.1) is 0 Å². The van der Waals surface area contributed by atoms with E-state index in [1.54, 1.807) is 18.2 Å². The fourth-order valence-electron chi connectivity index (χ4n) is 14.5. The first-order valence-electron chi connectivity index (χ1n) is 30.8. The van der Waals surface area contributed by atoms with Crippen LogP contribution in [-0.4, -0.2) is 19.8 Å². The smallest absolute Gasteiger partial charge is 0.387 e. The van der Waals surface area contributed by atoms with E-state index in [-0.39, 0.29) is 17.4 Å². The van der Waals surface area contributed by atoms with Crippen molar-refractivity contribution in [3.8, 4) is 17.2 Å². The lowest BCUT2D eigenvalue weighted by molar-refractivity contribution is -0.0548. The molecule has 6 fully saturated rings. The normalized spacial score (nSPS) is 29.7. The number of benzene rings is 3. The van der Waals surface area contributed by atoms with Crippen LogP contribution in [-0.2, 0) is 0 Å². The van der Waals surface area contributed by atoms with E-state index in [4.69, 9.17) is 0 Å². The number of halogens is 9. The highest BCUT2D eigenvalue weighted by atomic mass is 19.3. The van der Waals surface area contributed by atoms with Gasteiger partial charge in [0.15, 0.2) is 29.0 Å². The maximum atomic E-state index is 14.0. The molecule has 3 aromatic rings. The van der Waals surface area contributed by atoms with Crippen molar-refractivity contribution >= 4 is 0 Å². The molecule has 438 valence electrons. The minimum absolute atomic E-state index is 0.0985. The lowest BCUT2D eigenvalue weighted by atomic mass is 9.74. The Labute approximate surface area is 462 Å². The average molecular weight is 1110 g/mol. The summed E-state index contributed by atoms with van der Waals surface area (Å²) in [7, 11) is 0. The van der Waals surface area contributed by atoms with Gasteiger partial charge in [-0.05, 0) is 201 Å². The van der Waals surface area contributed by atoms with E-state index in [0.717, 1.165) is 104 Å². The van der Waals surface area contributed by atoms with Gasteiger partial charge in [0.1, 0.15) is 5.75 Å². The van der Waals surface area contributed by atoms with Gasteiger partial charge in [0.25, 0.3) is 0 Å². The van der Waals surface area contributed by atoms with Crippen LogP contribution in [0, 0.1) is 70.7 Å². The summed E-state index contributed by atoms with van der Waals surface area (Å²) in [4.78, 5) is 0. The quantitative estimate of drug-likeness (QED) is 0.119. The molecule has 0 atom stereocenters. The number of alkyl halides is 6. The van der Waals surface area contributed by atoms with Crippen molar-refractivity contribution < 1.29 is 53.7 Å². The summed E-state index contributed by atoms with van der Waals surface area (Å²) < 4.78 is 128. The van der Waals surface area contributed by atoms with E-state index < -0.39 is 43.0 Å². The van der Waals surface area contributed by atoms with Gasteiger partial charge in [-0.1, -0.05) is 155 Å². The molecule has 6 aliphatic carbocycles. The van der Waals surface area contributed by atoms with Crippen molar-refractivity contribution in [2.75, 3.05) is 0 Å².